The lowest BCUT2D eigenvalue weighted by Gasteiger charge is -2.26. The molecule has 0 aliphatic heterocycles. The number of anilines is 1. The van der Waals surface area contributed by atoms with Crippen molar-refractivity contribution in [3.8, 4) is 17.4 Å². The fourth-order valence-corrected chi connectivity index (χ4v) is 3.85. The number of para-hydroxylation sites is 1. The molecule has 7 nitrogen and oxygen atoms in total. The smallest absolute Gasteiger partial charge is 0.212 e. The van der Waals surface area contributed by atoms with Gasteiger partial charge in [-0.25, -0.2) is 4.98 Å². The molecule has 4 aromatic rings. The van der Waals surface area contributed by atoms with E-state index >= 15 is 0 Å². The summed E-state index contributed by atoms with van der Waals surface area (Å²) in [7, 11) is 4.77. The molecule has 32 heavy (non-hydrogen) atoms. The lowest BCUT2D eigenvalue weighted by Crippen LogP contribution is -2.21. The van der Waals surface area contributed by atoms with Gasteiger partial charge in [-0.3, -0.25) is 0 Å². The summed E-state index contributed by atoms with van der Waals surface area (Å²) in [4.78, 5) is 20.1. The van der Waals surface area contributed by atoms with Gasteiger partial charge < -0.3 is 29.3 Å². The zero-order valence-electron chi connectivity index (χ0n) is 18.2. The molecule has 2 aromatic heterocycles. The molecule has 0 aliphatic rings. The number of hydrogen-bond acceptors (Lipinski definition) is 6. The lowest BCUT2D eigenvalue weighted by molar-refractivity contribution is -0.109. The van der Waals surface area contributed by atoms with Crippen molar-refractivity contribution in [2.45, 2.75) is 12.0 Å². The van der Waals surface area contributed by atoms with Crippen LogP contribution in [0, 0.1) is 0 Å². The number of carbonyl (C=O) groups is 1. The summed E-state index contributed by atoms with van der Waals surface area (Å²) in [6.45, 7) is 0. The first-order chi connectivity index (χ1) is 15.7. The number of nitrogens with zero attached hydrogens (tertiary/aromatic N) is 1. The zero-order valence-corrected chi connectivity index (χ0v) is 18.2. The molecule has 7 heteroatoms. The normalized spacial score (nSPS) is 12.7. The van der Waals surface area contributed by atoms with E-state index in [2.05, 4.69) is 15.3 Å². The van der Waals surface area contributed by atoms with Crippen LogP contribution in [0.4, 0.5) is 5.69 Å². The summed E-state index contributed by atoms with van der Waals surface area (Å²) in [6, 6.07) is 16.7. The molecule has 0 saturated carbocycles. The quantitative estimate of drug-likeness (QED) is 0.373. The summed E-state index contributed by atoms with van der Waals surface area (Å²) >= 11 is 0. The average Bonchev–Trinajstić information content (AvgIpc) is 3.27. The van der Waals surface area contributed by atoms with Gasteiger partial charge >= 0.3 is 0 Å². The van der Waals surface area contributed by atoms with E-state index in [4.69, 9.17) is 14.2 Å². The molecule has 0 amide bonds. The van der Waals surface area contributed by atoms with Crippen LogP contribution in [0.5, 0.6) is 17.4 Å². The van der Waals surface area contributed by atoms with Gasteiger partial charge in [0.15, 0.2) is 0 Å². The summed E-state index contributed by atoms with van der Waals surface area (Å²) in [6.07, 6.45) is 4.58. The van der Waals surface area contributed by atoms with Crippen molar-refractivity contribution in [2.24, 2.45) is 0 Å². The predicted molar refractivity (Wildman–Crippen MR) is 124 cm³/mol. The monoisotopic (exact) mass is 431 g/mol. The molecule has 0 bridgehead atoms. The maximum atomic E-state index is 12.5. The number of aromatic amines is 1. The Morgan fingerprint density at radius 3 is 2.34 bits per heavy atom. The largest absolute Gasteiger partial charge is 0.497 e. The molecule has 4 rings (SSSR count). The molecule has 2 heterocycles. The van der Waals surface area contributed by atoms with Crippen molar-refractivity contribution in [3.05, 3.63) is 78.1 Å². The molecule has 2 N–H and O–H groups in total. The van der Waals surface area contributed by atoms with Crippen LogP contribution in [0.3, 0.4) is 0 Å². The second-order valence-corrected chi connectivity index (χ2v) is 7.31. The molecular formula is C25H25N3O4. The number of aldehydes is 1. The van der Waals surface area contributed by atoms with Crippen molar-refractivity contribution in [3.63, 3.8) is 0 Å². The first-order valence-corrected chi connectivity index (χ1v) is 10.2. The number of pyridine rings is 1. The van der Waals surface area contributed by atoms with Crippen LogP contribution in [0.15, 0.2) is 67.0 Å². The Balaban J connectivity index is 1.80. The molecule has 0 spiro atoms. The van der Waals surface area contributed by atoms with Crippen LogP contribution in [0.1, 0.15) is 23.1 Å². The van der Waals surface area contributed by atoms with Crippen molar-refractivity contribution >= 4 is 22.9 Å². The molecule has 2 aromatic carbocycles. The third-order valence-corrected chi connectivity index (χ3v) is 5.49. The Labute approximate surface area is 186 Å². The van der Waals surface area contributed by atoms with Gasteiger partial charge in [0.2, 0.25) is 5.88 Å². The standard InChI is InChI=1S/C25H25N3O4/c1-30-18-10-17(11-19(12-18)31-2)28-25(16-8-9-24(32-3)27-13-16)22(15-29)21-14-26-23-7-5-4-6-20(21)23/h4-15,22,25-26,28H,1-3H3. The van der Waals surface area contributed by atoms with Gasteiger partial charge in [-0.2, -0.15) is 0 Å². The van der Waals surface area contributed by atoms with Crippen molar-refractivity contribution in [2.75, 3.05) is 26.6 Å². The highest BCUT2D eigenvalue weighted by molar-refractivity contribution is 5.87. The molecule has 2 atom stereocenters. The van der Waals surface area contributed by atoms with E-state index in [0.29, 0.717) is 17.4 Å². The highest BCUT2D eigenvalue weighted by atomic mass is 16.5. The summed E-state index contributed by atoms with van der Waals surface area (Å²) in [5.74, 6) is 1.31. The number of methoxy groups -OCH3 is 3. The van der Waals surface area contributed by atoms with E-state index in [1.54, 1.807) is 39.7 Å². The number of rotatable bonds is 9. The topological polar surface area (TPSA) is 85.5 Å². The number of ether oxygens (including phenoxy) is 3. The van der Waals surface area contributed by atoms with Gasteiger partial charge in [-0.05, 0) is 17.2 Å². The number of fused-ring (bicyclic) bond motifs is 1. The molecule has 0 saturated heterocycles. The van der Waals surface area contributed by atoms with Crippen LogP contribution in [0.2, 0.25) is 0 Å². The van der Waals surface area contributed by atoms with E-state index in [0.717, 1.165) is 34.0 Å². The van der Waals surface area contributed by atoms with Gasteiger partial charge in [0.1, 0.15) is 17.8 Å². The van der Waals surface area contributed by atoms with Gasteiger partial charge in [0.25, 0.3) is 0 Å². The number of carbonyl (C=O) groups excluding carboxylic acids is 1. The number of H-pyrrole nitrogens is 1. The van der Waals surface area contributed by atoms with Crippen molar-refractivity contribution in [1.82, 2.24) is 9.97 Å². The lowest BCUT2D eigenvalue weighted by atomic mass is 9.88. The Hall–Kier alpha value is -4.00. The highest BCUT2D eigenvalue weighted by Gasteiger charge is 2.27. The van der Waals surface area contributed by atoms with Gasteiger partial charge in [0, 0.05) is 53.2 Å². The van der Waals surface area contributed by atoms with Gasteiger partial charge in [0.05, 0.1) is 33.3 Å². The number of aromatic nitrogens is 2. The molecule has 164 valence electrons. The van der Waals surface area contributed by atoms with Crippen LogP contribution in [-0.4, -0.2) is 37.6 Å². The Bertz CT molecular complexity index is 1180. The van der Waals surface area contributed by atoms with Crippen LogP contribution in [0.25, 0.3) is 10.9 Å². The molecule has 0 aliphatic carbocycles. The van der Waals surface area contributed by atoms with Crippen LogP contribution < -0.4 is 19.5 Å². The third kappa shape index (κ3) is 4.23. The SMILES string of the molecule is COc1cc(NC(c2ccc(OC)nc2)C(C=O)c2c[nH]c3ccccc23)cc(OC)c1. The second kappa shape index (κ2) is 9.43. The minimum Gasteiger partial charge on any atom is -0.497 e. The van der Waals surface area contributed by atoms with Gasteiger partial charge in [-0.15, -0.1) is 0 Å². The van der Waals surface area contributed by atoms with Crippen LogP contribution >= 0.6 is 0 Å². The van der Waals surface area contributed by atoms with Crippen LogP contribution in [-0.2, 0) is 4.79 Å². The minimum absolute atomic E-state index is 0.401. The van der Waals surface area contributed by atoms with Gasteiger partial charge in [-0.1, -0.05) is 24.3 Å². The van der Waals surface area contributed by atoms with E-state index in [1.165, 1.54) is 0 Å². The van der Waals surface area contributed by atoms with Crippen molar-refractivity contribution in [1.29, 1.82) is 0 Å². The third-order valence-electron chi connectivity index (χ3n) is 5.49. The molecule has 0 fully saturated rings. The van der Waals surface area contributed by atoms with E-state index in [1.807, 2.05) is 48.7 Å². The maximum Gasteiger partial charge on any atom is 0.212 e. The van der Waals surface area contributed by atoms with E-state index in [9.17, 15) is 4.79 Å². The first-order valence-electron chi connectivity index (χ1n) is 10.2. The summed E-state index contributed by atoms with van der Waals surface area (Å²) in [5, 5.41) is 4.50. The second-order valence-electron chi connectivity index (χ2n) is 7.31. The number of nitrogens with one attached hydrogen (secondary N) is 2. The predicted octanol–water partition coefficient (Wildman–Crippen LogP) is 4.72. The first kappa shape index (κ1) is 21.2. The number of hydrogen-bond donors (Lipinski definition) is 2. The Morgan fingerprint density at radius 2 is 1.72 bits per heavy atom. The summed E-state index contributed by atoms with van der Waals surface area (Å²) in [5.41, 5.74) is 3.48. The summed E-state index contributed by atoms with van der Waals surface area (Å²) < 4.78 is 16.0. The fraction of sp³-hybridized carbons (Fsp3) is 0.200. The van der Waals surface area contributed by atoms with Crippen molar-refractivity contribution < 1.29 is 19.0 Å². The highest BCUT2D eigenvalue weighted by Crippen LogP contribution is 2.38. The zero-order chi connectivity index (χ0) is 22.5. The Kier molecular flexibility index (Phi) is 6.26. The average molecular weight is 431 g/mol. The number of benzene rings is 2. The Morgan fingerprint density at radius 1 is 0.969 bits per heavy atom. The fourth-order valence-electron chi connectivity index (χ4n) is 3.85. The van der Waals surface area contributed by atoms with E-state index < -0.39 is 12.0 Å². The maximum absolute atomic E-state index is 12.5. The molecule has 2 unspecified atom stereocenters. The molecule has 0 radical (unpaired) electrons. The molecular weight excluding hydrogens is 406 g/mol. The van der Waals surface area contributed by atoms with E-state index in [-0.39, 0.29) is 0 Å². The minimum atomic E-state index is -0.487.